The van der Waals surface area contributed by atoms with Crippen LogP contribution in [0.5, 0.6) is 0 Å². The number of rotatable bonds is 7. The van der Waals surface area contributed by atoms with Crippen LogP contribution in [0.4, 0.5) is 0 Å². The van der Waals surface area contributed by atoms with Crippen molar-refractivity contribution in [1.82, 2.24) is 9.80 Å². The molecular formula is C15H33N3. The molecule has 18 heavy (non-hydrogen) atoms. The first kappa shape index (κ1) is 15.9. The molecule has 108 valence electrons. The summed E-state index contributed by atoms with van der Waals surface area (Å²) in [4.78, 5) is 4.96. The SMILES string of the molecule is CCCN(CCN(C)C)C1(CN)CCCC(C)C1. The molecule has 1 fully saturated rings. The van der Waals surface area contributed by atoms with Gasteiger partial charge in [-0.3, -0.25) is 4.90 Å². The van der Waals surface area contributed by atoms with Crippen LogP contribution in [0.2, 0.25) is 0 Å². The van der Waals surface area contributed by atoms with Crippen LogP contribution in [0.25, 0.3) is 0 Å². The second-order valence-corrected chi connectivity index (χ2v) is 6.42. The fourth-order valence-corrected chi connectivity index (χ4v) is 3.41. The lowest BCUT2D eigenvalue weighted by Gasteiger charge is -2.48. The van der Waals surface area contributed by atoms with E-state index in [1.54, 1.807) is 0 Å². The Morgan fingerprint density at radius 2 is 1.94 bits per heavy atom. The maximum absolute atomic E-state index is 6.18. The Morgan fingerprint density at radius 1 is 1.22 bits per heavy atom. The predicted molar refractivity (Wildman–Crippen MR) is 79.8 cm³/mol. The molecule has 0 aromatic heterocycles. The first-order valence-electron chi connectivity index (χ1n) is 7.64. The van der Waals surface area contributed by atoms with Crippen molar-refractivity contribution in [1.29, 1.82) is 0 Å². The zero-order valence-electron chi connectivity index (χ0n) is 12.9. The molecule has 0 heterocycles. The number of nitrogens with two attached hydrogens (primary N) is 1. The van der Waals surface area contributed by atoms with Gasteiger partial charge in [0.1, 0.15) is 0 Å². The number of hydrogen-bond donors (Lipinski definition) is 1. The summed E-state index contributed by atoms with van der Waals surface area (Å²) >= 11 is 0. The highest BCUT2D eigenvalue weighted by molar-refractivity contribution is 4.96. The molecule has 0 aliphatic heterocycles. The first-order chi connectivity index (χ1) is 8.54. The van der Waals surface area contributed by atoms with Gasteiger partial charge in [0.25, 0.3) is 0 Å². The van der Waals surface area contributed by atoms with Crippen LogP contribution in [0.15, 0.2) is 0 Å². The van der Waals surface area contributed by atoms with Crippen LogP contribution >= 0.6 is 0 Å². The summed E-state index contributed by atoms with van der Waals surface area (Å²) < 4.78 is 0. The summed E-state index contributed by atoms with van der Waals surface area (Å²) in [7, 11) is 4.31. The molecule has 0 aromatic rings. The summed E-state index contributed by atoms with van der Waals surface area (Å²) in [5, 5.41) is 0. The smallest absolute Gasteiger partial charge is 0.0334 e. The van der Waals surface area contributed by atoms with E-state index in [2.05, 4.69) is 37.7 Å². The third-order valence-electron chi connectivity index (χ3n) is 4.43. The molecule has 1 rings (SSSR count). The average Bonchev–Trinajstić information content (AvgIpc) is 2.34. The molecule has 2 N–H and O–H groups in total. The Morgan fingerprint density at radius 3 is 2.44 bits per heavy atom. The largest absolute Gasteiger partial charge is 0.329 e. The zero-order chi connectivity index (χ0) is 13.6. The van der Waals surface area contributed by atoms with Gasteiger partial charge in [0.05, 0.1) is 0 Å². The number of hydrogen-bond acceptors (Lipinski definition) is 3. The topological polar surface area (TPSA) is 32.5 Å². The van der Waals surface area contributed by atoms with Crippen molar-refractivity contribution in [2.45, 2.75) is 51.5 Å². The van der Waals surface area contributed by atoms with E-state index in [0.29, 0.717) is 0 Å². The van der Waals surface area contributed by atoms with Gasteiger partial charge in [-0.25, -0.2) is 0 Å². The normalized spacial score (nSPS) is 29.2. The fraction of sp³-hybridized carbons (Fsp3) is 1.00. The van der Waals surface area contributed by atoms with Crippen molar-refractivity contribution in [2.24, 2.45) is 11.7 Å². The van der Waals surface area contributed by atoms with E-state index >= 15 is 0 Å². The van der Waals surface area contributed by atoms with Gasteiger partial charge < -0.3 is 10.6 Å². The summed E-state index contributed by atoms with van der Waals surface area (Å²) in [6.07, 6.45) is 6.54. The zero-order valence-corrected chi connectivity index (χ0v) is 12.9. The Balaban J connectivity index is 2.71. The lowest BCUT2D eigenvalue weighted by Crippen LogP contribution is -2.57. The van der Waals surface area contributed by atoms with Gasteiger partial charge in [-0.2, -0.15) is 0 Å². The maximum atomic E-state index is 6.18. The molecule has 0 spiro atoms. The van der Waals surface area contributed by atoms with Gasteiger partial charge in [0.2, 0.25) is 0 Å². The standard InChI is InChI=1S/C15H33N3/c1-5-9-18(11-10-17(3)4)15(13-16)8-6-7-14(2)12-15/h14H,5-13,16H2,1-4H3. The van der Waals surface area contributed by atoms with Crippen LogP contribution in [0.3, 0.4) is 0 Å². The van der Waals surface area contributed by atoms with E-state index in [0.717, 1.165) is 25.6 Å². The summed E-state index contributed by atoms with van der Waals surface area (Å²) in [5.74, 6) is 0.834. The molecule has 0 saturated heterocycles. The van der Waals surface area contributed by atoms with Gasteiger partial charge in [-0.05, 0) is 45.8 Å². The van der Waals surface area contributed by atoms with Crippen LogP contribution in [-0.4, -0.2) is 55.6 Å². The molecule has 2 unspecified atom stereocenters. The van der Waals surface area contributed by atoms with E-state index in [1.165, 1.54) is 38.6 Å². The second-order valence-electron chi connectivity index (χ2n) is 6.42. The summed E-state index contributed by atoms with van der Waals surface area (Å²) in [6, 6.07) is 0. The fourth-order valence-electron chi connectivity index (χ4n) is 3.41. The van der Waals surface area contributed by atoms with E-state index < -0.39 is 0 Å². The second kappa shape index (κ2) is 7.46. The molecule has 3 heteroatoms. The van der Waals surface area contributed by atoms with Crippen LogP contribution in [0.1, 0.15) is 46.0 Å². The minimum Gasteiger partial charge on any atom is -0.329 e. The minimum absolute atomic E-state index is 0.281. The quantitative estimate of drug-likeness (QED) is 0.757. The Labute approximate surface area is 114 Å². The number of likely N-dealkylation sites (N-methyl/N-ethyl adjacent to an activating group) is 1. The molecule has 3 nitrogen and oxygen atoms in total. The maximum Gasteiger partial charge on any atom is 0.0334 e. The lowest BCUT2D eigenvalue weighted by molar-refractivity contribution is 0.0343. The van der Waals surface area contributed by atoms with Crippen molar-refractivity contribution in [2.75, 3.05) is 40.3 Å². The van der Waals surface area contributed by atoms with E-state index in [1.807, 2.05) is 0 Å². The first-order valence-corrected chi connectivity index (χ1v) is 7.64. The molecule has 1 aliphatic carbocycles. The highest BCUT2D eigenvalue weighted by Gasteiger charge is 2.38. The Bertz CT molecular complexity index is 230. The number of nitrogens with zero attached hydrogens (tertiary/aromatic N) is 2. The molecule has 0 bridgehead atoms. The third-order valence-corrected chi connectivity index (χ3v) is 4.43. The van der Waals surface area contributed by atoms with Crippen molar-refractivity contribution in [3.8, 4) is 0 Å². The molecule has 0 aromatic carbocycles. The van der Waals surface area contributed by atoms with Gasteiger partial charge in [-0.15, -0.1) is 0 Å². The van der Waals surface area contributed by atoms with E-state index in [9.17, 15) is 0 Å². The van der Waals surface area contributed by atoms with Crippen LogP contribution < -0.4 is 5.73 Å². The highest BCUT2D eigenvalue weighted by Crippen LogP contribution is 2.36. The summed E-state index contributed by atoms with van der Waals surface area (Å²) in [6.45, 7) is 8.97. The average molecular weight is 255 g/mol. The van der Waals surface area contributed by atoms with Crippen LogP contribution in [0, 0.1) is 5.92 Å². The van der Waals surface area contributed by atoms with Gasteiger partial charge in [0.15, 0.2) is 0 Å². The van der Waals surface area contributed by atoms with Crippen LogP contribution in [-0.2, 0) is 0 Å². The van der Waals surface area contributed by atoms with E-state index in [-0.39, 0.29) is 5.54 Å². The molecule has 1 aliphatic rings. The summed E-state index contributed by atoms with van der Waals surface area (Å²) in [5.41, 5.74) is 6.46. The van der Waals surface area contributed by atoms with Gasteiger partial charge in [-0.1, -0.05) is 26.7 Å². The molecule has 0 radical (unpaired) electrons. The third kappa shape index (κ3) is 4.22. The van der Waals surface area contributed by atoms with Crippen molar-refractivity contribution in [3.63, 3.8) is 0 Å². The Hall–Kier alpha value is -0.120. The molecule has 1 saturated carbocycles. The predicted octanol–water partition coefficient (Wildman–Crippen LogP) is 2.17. The minimum atomic E-state index is 0.281. The highest BCUT2D eigenvalue weighted by atomic mass is 15.2. The lowest BCUT2D eigenvalue weighted by atomic mass is 9.75. The van der Waals surface area contributed by atoms with Crippen molar-refractivity contribution in [3.05, 3.63) is 0 Å². The molecule has 0 amide bonds. The Kier molecular flexibility index (Phi) is 6.61. The van der Waals surface area contributed by atoms with Crippen molar-refractivity contribution < 1.29 is 0 Å². The molecular weight excluding hydrogens is 222 g/mol. The monoisotopic (exact) mass is 255 g/mol. The molecule has 2 atom stereocenters. The van der Waals surface area contributed by atoms with Crippen molar-refractivity contribution >= 4 is 0 Å². The van der Waals surface area contributed by atoms with Gasteiger partial charge >= 0.3 is 0 Å². The van der Waals surface area contributed by atoms with E-state index in [4.69, 9.17) is 5.73 Å². The van der Waals surface area contributed by atoms with Gasteiger partial charge in [0, 0.05) is 25.2 Å².